The van der Waals surface area contributed by atoms with Gasteiger partial charge in [0.2, 0.25) is 0 Å². The van der Waals surface area contributed by atoms with E-state index in [1.54, 1.807) is 36.8 Å². The minimum atomic E-state index is -0.512. The van der Waals surface area contributed by atoms with E-state index in [4.69, 9.17) is 5.73 Å². The number of carbonyl (C=O) groups excluding carboxylic acids is 1. The molecule has 4 rings (SSSR count). The van der Waals surface area contributed by atoms with Crippen molar-refractivity contribution in [3.8, 4) is 11.5 Å². The number of nitrogens with one attached hydrogen (secondary N) is 1. The highest BCUT2D eigenvalue weighted by Crippen LogP contribution is 2.29. The van der Waals surface area contributed by atoms with E-state index >= 15 is 0 Å². The highest BCUT2D eigenvalue weighted by Gasteiger charge is 2.14. The third-order valence-electron chi connectivity index (χ3n) is 4.17. The van der Waals surface area contributed by atoms with E-state index in [0.717, 1.165) is 16.5 Å². The molecule has 2 heterocycles. The average Bonchev–Trinajstić information content (AvgIpc) is 2.69. The molecule has 0 spiro atoms. The Kier molecular flexibility index (Phi) is 4.18. The summed E-state index contributed by atoms with van der Waals surface area (Å²) in [5.41, 5.74) is 8.83. The monoisotopic (exact) mass is 356 g/mol. The molecule has 27 heavy (non-hydrogen) atoms. The van der Waals surface area contributed by atoms with Gasteiger partial charge in [-0.25, -0.2) is 15.0 Å². The van der Waals surface area contributed by atoms with Gasteiger partial charge in [-0.2, -0.15) is 0 Å². The van der Waals surface area contributed by atoms with Crippen LogP contribution < -0.4 is 11.1 Å². The fraction of sp³-hybridized carbons (Fsp3) is 0.0500. The molecular formula is C20H16N6O. The molecule has 7 heteroatoms. The molecule has 132 valence electrons. The van der Waals surface area contributed by atoms with Gasteiger partial charge in [-0.05, 0) is 30.7 Å². The van der Waals surface area contributed by atoms with Gasteiger partial charge in [-0.1, -0.05) is 24.3 Å². The number of rotatable bonds is 4. The summed E-state index contributed by atoms with van der Waals surface area (Å²) in [6, 6.07) is 12.9. The SMILES string of the molecule is Cc1cccc2c(Nc3ccccc3C(N)=O)nc(-c3cnccn3)nc12. The van der Waals surface area contributed by atoms with Gasteiger partial charge in [0.05, 0.1) is 23.0 Å². The second-order valence-electron chi connectivity index (χ2n) is 5.99. The van der Waals surface area contributed by atoms with Gasteiger partial charge in [-0.3, -0.25) is 9.78 Å². The summed E-state index contributed by atoms with van der Waals surface area (Å²) in [6.45, 7) is 1.98. The Morgan fingerprint density at radius 3 is 2.67 bits per heavy atom. The molecule has 0 fully saturated rings. The predicted octanol–water partition coefficient (Wildman–Crippen LogP) is 3.24. The van der Waals surface area contributed by atoms with Crippen molar-refractivity contribution in [2.75, 3.05) is 5.32 Å². The van der Waals surface area contributed by atoms with E-state index in [1.165, 1.54) is 0 Å². The molecule has 2 aromatic heterocycles. The van der Waals surface area contributed by atoms with E-state index in [2.05, 4.69) is 25.3 Å². The van der Waals surface area contributed by atoms with Crippen LogP contribution in [0, 0.1) is 6.92 Å². The Bertz CT molecular complexity index is 1140. The first-order valence-corrected chi connectivity index (χ1v) is 8.33. The number of benzene rings is 2. The number of nitrogens with two attached hydrogens (primary N) is 1. The molecule has 0 aliphatic rings. The normalized spacial score (nSPS) is 10.7. The van der Waals surface area contributed by atoms with Crippen LogP contribution in [0.4, 0.5) is 11.5 Å². The molecule has 0 unspecified atom stereocenters. The second kappa shape index (κ2) is 6.80. The van der Waals surface area contributed by atoms with Crippen molar-refractivity contribution in [3.63, 3.8) is 0 Å². The fourth-order valence-electron chi connectivity index (χ4n) is 2.85. The second-order valence-corrected chi connectivity index (χ2v) is 5.99. The van der Waals surface area contributed by atoms with Crippen LogP contribution in [0.1, 0.15) is 15.9 Å². The highest BCUT2D eigenvalue weighted by molar-refractivity contribution is 6.01. The lowest BCUT2D eigenvalue weighted by atomic mass is 10.1. The number of primary amides is 1. The Morgan fingerprint density at radius 1 is 1.04 bits per heavy atom. The van der Waals surface area contributed by atoms with E-state index in [1.807, 2.05) is 31.2 Å². The largest absolute Gasteiger partial charge is 0.366 e. The van der Waals surface area contributed by atoms with Crippen LogP contribution >= 0.6 is 0 Å². The molecule has 0 saturated carbocycles. The first-order chi connectivity index (χ1) is 13.1. The van der Waals surface area contributed by atoms with Crippen molar-refractivity contribution < 1.29 is 4.79 Å². The molecule has 0 bridgehead atoms. The lowest BCUT2D eigenvalue weighted by Crippen LogP contribution is -2.13. The summed E-state index contributed by atoms with van der Waals surface area (Å²) >= 11 is 0. The van der Waals surface area contributed by atoms with Crippen LogP contribution in [-0.2, 0) is 0 Å². The Labute approximate surface area is 155 Å². The highest BCUT2D eigenvalue weighted by atomic mass is 16.1. The molecule has 1 amide bonds. The zero-order chi connectivity index (χ0) is 18.8. The number of aromatic nitrogens is 4. The van der Waals surface area contributed by atoms with E-state index in [9.17, 15) is 4.79 Å². The molecule has 0 atom stereocenters. The minimum absolute atomic E-state index is 0.387. The van der Waals surface area contributed by atoms with Crippen molar-refractivity contribution >= 4 is 28.3 Å². The summed E-state index contributed by atoms with van der Waals surface area (Å²) in [4.78, 5) is 29.4. The third kappa shape index (κ3) is 3.18. The summed E-state index contributed by atoms with van der Waals surface area (Å²) in [5, 5.41) is 4.07. The maximum Gasteiger partial charge on any atom is 0.250 e. The van der Waals surface area contributed by atoms with Crippen LogP contribution in [0.5, 0.6) is 0 Å². The molecule has 0 aliphatic carbocycles. The quantitative estimate of drug-likeness (QED) is 0.581. The molecule has 4 aromatic rings. The van der Waals surface area contributed by atoms with Crippen molar-refractivity contribution in [1.29, 1.82) is 0 Å². The number of nitrogens with zero attached hydrogens (tertiary/aromatic N) is 4. The first-order valence-electron chi connectivity index (χ1n) is 8.33. The van der Waals surface area contributed by atoms with Gasteiger partial charge in [-0.15, -0.1) is 0 Å². The van der Waals surface area contributed by atoms with Crippen molar-refractivity contribution in [3.05, 3.63) is 72.2 Å². The fourth-order valence-corrected chi connectivity index (χ4v) is 2.85. The Morgan fingerprint density at radius 2 is 1.89 bits per heavy atom. The van der Waals surface area contributed by atoms with Gasteiger partial charge < -0.3 is 11.1 Å². The smallest absolute Gasteiger partial charge is 0.250 e. The van der Waals surface area contributed by atoms with Crippen LogP contribution in [-0.4, -0.2) is 25.8 Å². The standard InChI is InChI=1S/C20H16N6O/c1-12-5-4-7-14-17(12)25-20(16-11-22-9-10-23-16)26-19(14)24-15-8-3-2-6-13(15)18(21)27/h2-11H,1H3,(H2,21,27)(H,24,25,26). The summed E-state index contributed by atoms with van der Waals surface area (Å²) < 4.78 is 0. The average molecular weight is 356 g/mol. The van der Waals surface area contributed by atoms with Crippen molar-refractivity contribution in [2.45, 2.75) is 6.92 Å². The van der Waals surface area contributed by atoms with Gasteiger partial charge in [0.15, 0.2) is 5.82 Å². The lowest BCUT2D eigenvalue weighted by Gasteiger charge is -2.13. The Balaban J connectivity index is 1.92. The van der Waals surface area contributed by atoms with Gasteiger partial charge >= 0.3 is 0 Å². The van der Waals surface area contributed by atoms with Gasteiger partial charge in [0.1, 0.15) is 11.5 Å². The summed E-state index contributed by atoms with van der Waals surface area (Å²) in [7, 11) is 0. The zero-order valence-electron chi connectivity index (χ0n) is 14.5. The maximum atomic E-state index is 11.7. The number of hydrogen-bond acceptors (Lipinski definition) is 6. The number of fused-ring (bicyclic) bond motifs is 1. The summed E-state index contributed by atoms with van der Waals surface area (Å²) in [6.07, 6.45) is 4.80. The molecule has 0 aliphatic heterocycles. The number of para-hydroxylation sites is 2. The van der Waals surface area contributed by atoms with E-state index < -0.39 is 5.91 Å². The molecule has 0 radical (unpaired) electrons. The number of hydrogen-bond donors (Lipinski definition) is 2. The molecule has 3 N–H and O–H groups in total. The lowest BCUT2D eigenvalue weighted by molar-refractivity contribution is 0.100. The number of amides is 1. The molecular weight excluding hydrogens is 340 g/mol. The molecule has 7 nitrogen and oxygen atoms in total. The number of anilines is 2. The molecule has 2 aromatic carbocycles. The Hall–Kier alpha value is -3.87. The van der Waals surface area contributed by atoms with Crippen LogP contribution in [0.2, 0.25) is 0 Å². The van der Waals surface area contributed by atoms with Crippen LogP contribution in [0.15, 0.2) is 61.1 Å². The van der Waals surface area contributed by atoms with Gasteiger partial charge in [0.25, 0.3) is 5.91 Å². The van der Waals surface area contributed by atoms with E-state index in [0.29, 0.717) is 28.6 Å². The van der Waals surface area contributed by atoms with Crippen LogP contribution in [0.25, 0.3) is 22.4 Å². The number of carbonyl (C=O) groups is 1. The molecule has 0 saturated heterocycles. The van der Waals surface area contributed by atoms with Crippen LogP contribution in [0.3, 0.4) is 0 Å². The maximum absolute atomic E-state index is 11.7. The van der Waals surface area contributed by atoms with Crippen molar-refractivity contribution in [1.82, 2.24) is 19.9 Å². The van der Waals surface area contributed by atoms with Crippen molar-refractivity contribution in [2.24, 2.45) is 5.73 Å². The first kappa shape index (κ1) is 16.6. The number of aryl methyl sites for hydroxylation is 1. The topological polar surface area (TPSA) is 107 Å². The third-order valence-corrected chi connectivity index (χ3v) is 4.17. The zero-order valence-corrected chi connectivity index (χ0v) is 14.5. The van der Waals surface area contributed by atoms with E-state index in [-0.39, 0.29) is 0 Å². The predicted molar refractivity (Wildman–Crippen MR) is 104 cm³/mol. The summed E-state index contributed by atoms with van der Waals surface area (Å²) in [5.74, 6) is 0.504. The van der Waals surface area contributed by atoms with Gasteiger partial charge in [0, 0.05) is 17.8 Å². The minimum Gasteiger partial charge on any atom is -0.366 e.